The number of amides is 2. The van der Waals surface area contributed by atoms with E-state index in [-0.39, 0.29) is 41.4 Å². The van der Waals surface area contributed by atoms with Crippen molar-refractivity contribution in [1.82, 2.24) is 15.2 Å². The second kappa shape index (κ2) is 12.9. The third-order valence-electron chi connectivity index (χ3n) is 6.88. The number of aliphatic imine (C=N–C) groups is 1. The van der Waals surface area contributed by atoms with Gasteiger partial charge in [-0.25, -0.2) is 0 Å². The van der Waals surface area contributed by atoms with Crippen molar-refractivity contribution in [2.24, 2.45) is 10.9 Å². The molecule has 1 aromatic carbocycles. The van der Waals surface area contributed by atoms with E-state index in [1.165, 1.54) is 6.08 Å². The smallest absolute Gasteiger partial charge is 0.275 e. The highest BCUT2D eigenvalue weighted by atomic mass is 16.2. The number of ketones is 1. The molecule has 9 nitrogen and oxygen atoms in total. The van der Waals surface area contributed by atoms with Gasteiger partial charge in [0.25, 0.3) is 5.56 Å². The first kappa shape index (κ1) is 28.4. The summed E-state index contributed by atoms with van der Waals surface area (Å²) in [5.74, 6) is -1.14. The summed E-state index contributed by atoms with van der Waals surface area (Å²) in [6, 6.07) is 12.3. The number of hydrogen-bond acceptors (Lipinski definition) is 6. The number of aromatic nitrogens is 1. The molecule has 1 aromatic heterocycles. The van der Waals surface area contributed by atoms with Gasteiger partial charge in [0.05, 0.1) is 36.8 Å². The molecule has 0 radical (unpaired) electrons. The largest absolute Gasteiger partial charge is 0.346 e. The van der Waals surface area contributed by atoms with Crippen LogP contribution in [0.15, 0.2) is 100 Å². The molecule has 2 heterocycles. The van der Waals surface area contributed by atoms with E-state index < -0.39 is 12.0 Å². The van der Waals surface area contributed by atoms with Crippen molar-refractivity contribution in [2.75, 3.05) is 18.9 Å². The second-order valence-electron chi connectivity index (χ2n) is 9.67. The number of nitrogens with zero attached hydrogens (tertiary/aromatic N) is 2. The highest BCUT2D eigenvalue weighted by Crippen LogP contribution is 2.23. The molecule has 206 valence electrons. The van der Waals surface area contributed by atoms with E-state index in [4.69, 9.17) is 0 Å². The molecule has 2 unspecified atom stereocenters. The number of anilines is 1. The lowest BCUT2D eigenvalue weighted by molar-refractivity contribution is -0.118. The maximum absolute atomic E-state index is 13.6. The van der Waals surface area contributed by atoms with Gasteiger partial charge in [-0.15, -0.1) is 0 Å². The molecule has 1 aliphatic heterocycles. The van der Waals surface area contributed by atoms with Gasteiger partial charge in [-0.05, 0) is 49.7 Å². The van der Waals surface area contributed by atoms with Crippen molar-refractivity contribution >= 4 is 29.5 Å². The first-order valence-corrected chi connectivity index (χ1v) is 13.1. The van der Waals surface area contributed by atoms with E-state index in [2.05, 4.69) is 27.5 Å². The third kappa shape index (κ3) is 6.68. The molecular weight excluding hydrogens is 506 g/mol. The SMILES string of the molecule is C=CC(=O)NC1C=CC(C(=O)C2C=C(Cn3c(-c4ccccc4)ccc(NC(=O)[C@H](C)NC)c3=O)C=NC2)=CC1. The van der Waals surface area contributed by atoms with Crippen molar-refractivity contribution in [2.45, 2.75) is 32.0 Å². The van der Waals surface area contributed by atoms with E-state index in [0.29, 0.717) is 29.8 Å². The topological polar surface area (TPSA) is 122 Å². The molecule has 0 saturated carbocycles. The summed E-state index contributed by atoms with van der Waals surface area (Å²) in [5, 5.41) is 8.38. The molecule has 40 heavy (non-hydrogen) atoms. The van der Waals surface area contributed by atoms with Gasteiger partial charge in [0, 0.05) is 11.8 Å². The van der Waals surface area contributed by atoms with Crippen molar-refractivity contribution in [3.05, 3.63) is 101 Å². The molecule has 3 atom stereocenters. The van der Waals surface area contributed by atoms with Crippen LogP contribution in [0.5, 0.6) is 0 Å². The molecule has 2 aromatic rings. The number of carbonyl (C=O) groups is 3. The maximum atomic E-state index is 13.6. The number of hydrogen-bond donors (Lipinski definition) is 3. The zero-order valence-electron chi connectivity index (χ0n) is 22.6. The lowest BCUT2D eigenvalue weighted by Gasteiger charge is -2.21. The monoisotopic (exact) mass is 539 g/mol. The van der Waals surface area contributed by atoms with Crippen LogP contribution >= 0.6 is 0 Å². The number of dihydropyridines is 1. The Bertz CT molecular complexity index is 1480. The minimum Gasteiger partial charge on any atom is -0.346 e. The van der Waals surface area contributed by atoms with E-state index in [0.717, 1.165) is 5.56 Å². The Morgan fingerprint density at radius 2 is 1.95 bits per heavy atom. The summed E-state index contributed by atoms with van der Waals surface area (Å²) >= 11 is 0. The third-order valence-corrected chi connectivity index (χ3v) is 6.88. The number of nitrogens with one attached hydrogen (secondary N) is 3. The number of benzene rings is 1. The predicted molar refractivity (Wildman–Crippen MR) is 157 cm³/mol. The molecule has 0 bridgehead atoms. The van der Waals surface area contributed by atoms with Crippen molar-refractivity contribution in [1.29, 1.82) is 0 Å². The molecule has 2 amide bonds. The van der Waals surface area contributed by atoms with Gasteiger partial charge in [-0.2, -0.15) is 0 Å². The lowest BCUT2D eigenvalue weighted by Crippen LogP contribution is -2.37. The van der Waals surface area contributed by atoms with Gasteiger partial charge >= 0.3 is 0 Å². The highest BCUT2D eigenvalue weighted by Gasteiger charge is 2.24. The zero-order chi connectivity index (χ0) is 28.6. The van der Waals surface area contributed by atoms with E-state index in [1.807, 2.05) is 42.5 Å². The first-order valence-electron chi connectivity index (χ1n) is 13.1. The fourth-order valence-corrected chi connectivity index (χ4v) is 4.50. The first-order chi connectivity index (χ1) is 19.3. The van der Waals surface area contributed by atoms with Crippen molar-refractivity contribution in [3.8, 4) is 11.3 Å². The van der Waals surface area contributed by atoms with Gasteiger partial charge < -0.3 is 20.5 Å². The standard InChI is InChI=1S/C31H33N5O4/c1-4-28(37)34-25-12-10-23(11-13-25)29(38)24-16-21(17-33-18-24)19-36-27(22-8-6-5-7-9-22)15-14-26(31(36)40)35-30(39)20(2)32-3/h4-12,14-17,20,24-25,32H,1,13,18-19H2,2-3H3,(H,34,37)(H,35,39)/t20-,24?,25?/m0/s1. The molecule has 1 aliphatic carbocycles. The maximum Gasteiger partial charge on any atom is 0.275 e. The van der Waals surface area contributed by atoms with Crippen LogP contribution < -0.4 is 21.5 Å². The minimum absolute atomic E-state index is 0.0724. The van der Waals surface area contributed by atoms with E-state index >= 15 is 0 Å². The van der Waals surface area contributed by atoms with Crippen molar-refractivity contribution in [3.63, 3.8) is 0 Å². The number of rotatable bonds is 10. The predicted octanol–water partition coefficient (Wildman–Crippen LogP) is 2.81. The summed E-state index contributed by atoms with van der Waals surface area (Å²) < 4.78 is 1.59. The molecule has 9 heteroatoms. The summed E-state index contributed by atoms with van der Waals surface area (Å²) in [4.78, 5) is 55.4. The van der Waals surface area contributed by atoms with Gasteiger partial charge in [0.1, 0.15) is 5.69 Å². The number of Topliss-reactive ketones (excluding diaryl/α,β-unsaturated/α-hetero) is 1. The minimum atomic E-state index is -0.481. The van der Waals surface area contributed by atoms with Crippen LogP contribution in [0, 0.1) is 5.92 Å². The Balaban J connectivity index is 1.59. The van der Waals surface area contributed by atoms with Crippen LogP contribution in [0.3, 0.4) is 0 Å². The molecule has 0 saturated heterocycles. The summed E-state index contributed by atoms with van der Waals surface area (Å²) in [5.41, 5.74) is 2.62. The number of carbonyl (C=O) groups excluding carboxylic acids is 3. The number of pyridine rings is 1. The van der Waals surface area contributed by atoms with Gasteiger partial charge in [-0.1, -0.05) is 61.2 Å². The van der Waals surface area contributed by atoms with Crippen LogP contribution in [0.25, 0.3) is 11.3 Å². The van der Waals surface area contributed by atoms with Crippen molar-refractivity contribution < 1.29 is 14.4 Å². The second-order valence-corrected chi connectivity index (χ2v) is 9.67. The summed E-state index contributed by atoms with van der Waals surface area (Å²) in [7, 11) is 1.67. The fraction of sp³-hybridized carbons (Fsp3) is 0.258. The normalized spacial score (nSPS) is 18.8. The van der Waals surface area contributed by atoms with Gasteiger partial charge in [0.2, 0.25) is 11.8 Å². The molecule has 0 spiro atoms. The highest BCUT2D eigenvalue weighted by molar-refractivity contribution is 6.02. The average Bonchev–Trinajstić information content (AvgIpc) is 2.99. The molecular formula is C31H33N5O4. The summed E-state index contributed by atoms with van der Waals surface area (Å²) in [6.45, 7) is 5.65. The van der Waals surface area contributed by atoms with Crippen LogP contribution in [0.4, 0.5) is 5.69 Å². The quantitative estimate of drug-likeness (QED) is 0.401. The fourth-order valence-electron chi connectivity index (χ4n) is 4.50. The number of allylic oxidation sites excluding steroid dienone is 3. The Morgan fingerprint density at radius 1 is 1.18 bits per heavy atom. The Hall–Kier alpha value is -4.63. The van der Waals surface area contributed by atoms with Crippen LogP contribution in [0.2, 0.25) is 0 Å². The van der Waals surface area contributed by atoms with E-state index in [9.17, 15) is 19.2 Å². The number of likely N-dealkylation sites (N-methyl/N-ethyl adjacent to an activating group) is 1. The molecule has 3 N–H and O–H groups in total. The van der Waals surface area contributed by atoms with Crippen LogP contribution in [-0.4, -0.2) is 54.1 Å². The Kier molecular flexibility index (Phi) is 9.19. The van der Waals surface area contributed by atoms with Gasteiger partial charge in [-0.3, -0.25) is 24.2 Å². The molecule has 2 aliphatic rings. The Labute approximate surface area is 233 Å². The average molecular weight is 540 g/mol. The van der Waals surface area contributed by atoms with Crippen LogP contribution in [-0.2, 0) is 20.9 Å². The summed E-state index contributed by atoms with van der Waals surface area (Å²) in [6.07, 6.45) is 10.6. The van der Waals surface area contributed by atoms with E-state index in [1.54, 1.807) is 49.0 Å². The molecule has 4 rings (SSSR count). The lowest BCUT2D eigenvalue weighted by atomic mass is 9.90. The zero-order valence-corrected chi connectivity index (χ0v) is 22.6. The molecule has 0 fully saturated rings. The van der Waals surface area contributed by atoms with Gasteiger partial charge in [0.15, 0.2) is 5.78 Å². The van der Waals surface area contributed by atoms with Crippen LogP contribution in [0.1, 0.15) is 13.3 Å². The Morgan fingerprint density at radius 3 is 2.62 bits per heavy atom.